The van der Waals surface area contributed by atoms with Crippen LogP contribution in [-0.2, 0) is 16.1 Å². The van der Waals surface area contributed by atoms with Crippen molar-refractivity contribution in [3.63, 3.8) is 0 Å². The van der Waals surface area contributed by atoms with Gasteiger partial charge in [0.05, 0.1) is 13.2 Å². The molecule has 1 N–H and O–H groups in total. The highest BCUT2D eigenvalue weighted by atomic mass is 16.5. The lowest BCUT2D eigenvalue weighted by atomic mass is 9.79. The second-order valence-corrected chi connectivity index (χ2v) is 7.86. The second kappa shape index (κ2) is 8.92. The molecule has 0 radical (unpaired) electrons. The maximum absolute atomic E-state index is 12.6. The van der Waals surface area contributed by atoms with E-state index in [0.29, 0.717) is 12.1 Å². The van der Waals surface area contributed by atoms with Gasteiger partial charge in [0.25, 0.3) is 0 Å². The van der Waals surface area contributed by atoms with Gasteiger partial charge in [-0.3, -0.25) is 9.69 Å². The molecular formula is C21H28N4O4. The third-order valence-electron chi connectivity index (χ3n) is 6.00. The molecule has 1 aliphatic heterocycles. The maximum atomic E-state index is 12.6. The van der Waals surface area contributed by atoms with Gasteiger partial charge in [0.15, 0.2) is 0 Å². The predicted octanol–water partition coefficient (Wildman–Crippen LogP) is 1.65. The van der Waals surface area contributed by atoms with E-state index in [4.69, 9.17) is 9.15 Å². The lowest BCUT2D eigenvalue weighted by Gasteiger charge is -2.48. The van der Waals surface area contributed by atoms with Crippen LogP contribution in [0.2, 0.25) is 0 Å². The van der Waals surface area contributed by atoms with Crippen molar-refractivity contribution in [3.8, 4) is 11.5 Å². The van der Waals surface area contributed by atoms with E-state index >= 15 is 0 Å². The predicted molar refractivity (Wildman–Crippen MR) is 107 cm³/mol. The van der Waals surface area contributed by atoms with Crippen molar-refractivity contribution in [2.75, 3.05) is 32.8 Å². The minimum Gasteiger partial charge on any atom is -0.388 e. The summed E-state index contributed by atoms with van der Waals surface area (Å²) in [5.74, 6) is -0.627. The van der Waals surface area contributed by atoms with Gasteiger partial charge in [-0.2, -0.15) is 4.68 Å². The van der Waals surface area contributed by atoms with E-state index in [1.54, 1.807) is 0 Å². The van der Waals surface area contributed by atoms with Gasteiger partial charge in [0, 0.05) is 30.7 Å². The van der Waals surface area contributed by atoms with Crippen LogP contribution in [0.3, 0.4) is 0 Å². The Bertz CT molecular complexity index is 864. The number of hydrogen-bond acceptors (Lipinski definition) is 6. The smallest absolute Gasteiger partial charge is 0.388 e. The summed E-state index contributed by atoms with van der Waals surface area (Å²) in [5, 5.41) is 7.22. The number of rotatable bonds is 6. The highest BCUT2D eigenvalue weighted by Gasteiger charge is 2.38. The third-order valence-corrected chi connectivity index (χ3v) is 6.00. The summed E-state index contributed by atoms with van der Waals surface area (Å²) in [6.07, 6.45) is 5.76. The molecule has 8 heteroatoms. The van der Waals surface area contributed by atoms with Gasteiger partial charge in [0.2, 0.25) is 11.8 Å². The zero-order chi connectivity index (χ0) is 20.1. The summed E-state index contributed by atoms with van der Waals surface area (Å²) in [5.41, 5.74) is 0.694. The zero-order valence-electron chi connectivity index (χ0n) is 16.6. The number of amides is 1. The summed E-state index contributed by atoms with van der Waals surface area (Å²) in [6.45, 7) is 3.73. The number of carbonyl (C=O) groups is 1. The maximum Gasteiger partial charge on any atom is 0.437 e. The molecule has 156 valence electrons. The van der Waals surface area contributed by atoms with Crippen molar-refractivity contribution >= 4 is 5.91 Å². The molecule has 0 bridgehead atoms. The van der Waals surface area contributed by atoms with Gasteiger partial charge < -0.3 is 14.5 Å². The van der Waals surface area contributed by atoms with Crippen molar-refractivity contribution in [2.45, 2.75) is 44.2 Å². The van der Waals surface area contributed by atoms with E-state index < -0.39 is 5.76 Å². The number of nitrogens with one attached hydrogen (secondary N) is 1. The molecule has 2 aliphatic rings. The Morgan fingerprint density at radius 3 is 2.55 bits per heavy atom. The van der Waals surface area contributed by atoms with Gasteiger partial charge in [0.1, 0.15) is 6.54 Å². The molecule has 0 spiro atoms. The Morgan fingerprint density at radius 1 is 1.10 bits per heavy atom. The number of hydrogen-bond donors (Lipinski definition) is 1. The molecule has 2 heterocycles. The minimum atomic E-state index is -0.625. The number of aromatic nitrogens is 2. The quantitative estimate of drug-likeness (QED) is 0.793. The molecule has 1 saturated carbocycles. The monoisotopic (exact) mass is 400 g/mol. The van der Waals surface area contributed by atoms with E-state index in [0.717, 1.165) is 43.8 Å². The average Bonchev–Trinajstić information content (AvgIpc) is 3.14. The first-order valence-electron chi connectivity index (χ1n) is 10.4. The molecule has 1 saturated heterocycles. The number of ether oxygens (including phenoxy) is 1. The minimum absolute atomic E-state index is 0.0122. The molecule has 8 nitrogen and oxygen atoms in total. The normalized spacial score (nSPS) is 19.7. The summed E-state index contributed by atoms with van der Waals surface area (Å²) in [4.78, 5) is 27.2. The van der Waals surface area contributed by atoms with E-state index in [1.807, 2.05) is 30.3 Å². The van der Waals surface area contributed by atoms with Crippen LogP contribution in [0.5, 0.6) is 0 Å². The molecule has 29 heavy (non-hydrogen) atoms. The van der Waals surface area contributed by atoms with Gasteiger partial charge >= 0.3 is 5.76 Å². The first-order chi connectivity index (χ1) is 14.2. The Morgan fingerprint density at radius 2 is 1.83 bits per heavy atom. The van der Waals surface area contributed by atoms with Crippen molar-refractivity contribution < 1.29 is 13.9 Å². The number of benzene rings is 1. The Kier molecular flexibility index (Phi) is 6.10. The first-order valence-corrected chi connectivity index (χ1v) is 10.4. The second-order valence-electron chi connectivity index (χ2n) is 7.86. The lowest BCUT2D eigenvalue weighted by molar-refractivity contribution is -0.123. The van der Waals surface area contributed by atoms with Crippen LogP contribution < -0.4 is 11.1 Å². The molecule has 0 atom stereocenters. The molecule has 1 aromatic heterocycles. The lowest BCUT2D eigenvalue weighted by Crippen LogP contribution is -2.59. The fourth-order valence-corrected chi connectivity index (χ4v) is 4.41. The molecule has 2 aromatic rings. The van der Waals surface area contributed by atoms with Gasteiger partial charge in [-0.15, -0.1) is 5.10 Å². The largest absolute Gasteiger partial charge is 0.437 e. The zero-order valence-corrected chi connectivity index (χ0v) is 16.6. The molecule has 1 aromatic carbocycles. The fourth-order valence-electron chi connectivity index (χ4n) is 4.41. The molecule has 1 aliphatic carbocycles. The van der Waals surface area contributed by atoms with Gasteiger partial charge in [-0.25, -0.2) is 4.79 Å². The summed E-state index contributed by atoms with van der Waals surface area (Å²) >= 11 is 0. The number of morpholine rings is 1. The van der Waals surface area contributed by atoms with Crippen LogP contribution in [0.15, 0.2) is 39.5 Å². The molecule has 4 rings (SSSR count). The van der Waals surface area contributed by atoms with Crippen molar-refractivity contribution in [2.24, 2.45) is 0 Å². The summed E-state index contributed by atoms with van der Waals surface area (Å²) in [6, 6.07) is 9.18. The molecule has 0 unspecified atom stereocenters. The average molecular weight is 400 g/mol. The van der Waals surface area contributed by atoms with Crippen molar-refractivity contribution in [1.29, 1.82) is 0 Å². The topological polar surface area (TPSA) is 89.6 Å². The standard InChI is InChI=1S/C21H28N4O4/c26-18(15-25-20(27)29-19(23-25)17-7-3-1-4-8-17)22-16-21(9-5-2-6-10-21)24-11-13-28-14-12-24/h1,3-4,7-8H,2,5-6,9-16H2,(H,22,26). The molecular weight excluding hydrogens is 372 g/mol. The van der Waals surface area contributed by atoms with Gasteiger partial charge in [-0.1, -0.05) is 37.5 Å². The highest BCUT2D eigenvalue weighted by molar-refractivity contribution is 5.75. The SMILES string of the molecule is O=C(Cn1nc(-c2ccccc2)oc1=O)NCC1(N2CCOCC2)CCCCC1. The van der Waals surface area contributed by atoms with Crippen LogP contribution in [0.25, 0.3) is 11.5 Å². The fraction of sp³-hybridized carbons (Fsp3) is 0.571. The highest BCUT2D eigenvalue weighted by Crippen LogP contribution is 2.33. The molecule has 2 fully saturated rings. The van der Waals surface area contributed by atoms with Crippen LogP contribution in [0.1, 0.15) is 32.1 Å². The van der Waals surface area contributed by atoms with E-state index in [9.17, 15) is 9.59 Å². The van der Waals surface area contributed by atoms with E-state index in [2.05, 4.69) is 15.3 Å². The van der Waals surface area contributed by atoms with Crippen molar-refractivity contribution in [1.82, 2.24) is 20.0 Å². The number of nitrogens with zero attached hydrogens (tertiary/aromatic N) is 3. The van der Waals surface area contributed by atoms with Crippen LogP contribution >= 0.6 is 0 Å². The first kappa shape index (κ1) is 19.8. The third kappa shape index (κ3) is 4.59. The Labute approximate surface area is 169 Å². The van der Waals surface area contributed by atoms with E-state index in [-0.39, 0.29) is 23.9 Å². The van der Waals surface area contributed by atoms with Crippen LogP contribution in [0.4, 0.5) is 0 Å². The van der Waals surface area contributed by atoms with Crippen LogP contribution in [0, 0.1) is 0 Å². The van der Waals surface area contributed by atoms with Crippen LogP contribution in [-0.4, -0.2) is 59.0 Å². The van der Waals surface area contributed by atoms with E-state index in [1.165, 1.54) is 19.3 Å². The summed E-state index contributed by atoms with van der Waals surface area (Å²) < 4.78 is 11.8. The molecule has 1 amide bonds. The van der Waals surface area contributed by atoms with Gasteiger partial charge in [-0.05, 0) is 25.0 Å². The Hall–Kier alpha value is -2.45. The summed E-state index contributed by atoms with van der Waals surface area (Å²) in [7, 11) is 0. The number of carbonyl (C=O) groups excluding carboxylic acids is 1. The Balaban J connectivity index is 1.40. The van der Waals surface area contributed by atoms with Crippen molar-refractivity contribution in [3.05, 3.63) is 40.9 Å².